The highest BCUT2D eigenvalue weighted by molar-refractivity contribution is 7.89. The Hall–Kier alpha value is -1.40. The van der Waals surface area contributed by atoms with Gasteiger partial charge in [-0.25, -0.2) is 8.42 Å². The van der Waals surface area contributed by atoms with E-state index in [-0.39, 0.29) is 18.4 Å². The molecule has 1 heterocycles. The van der Waals surface area contributed by atoms with Crippen LogP contribution in [0.5, 0.6) is 0 Å². The van der Waals surface area contributed by atoms with E-state index in [0.29, 0.717) is 29.8 Å². The summed E-state index contributed by atoms with van der Waals surface area (Å²) in [7, 11) is -3.43. The number of sulfonamides is 1. The molecular weight excluding hydrogens is 356 g/mol. The Morgan fingerprint density at radius 1 is 0.880 bits per heavy atom. The van der Waals surface area contributed by atoms with Crippen molar-refractivity contribution in [3.05, 3.63) is 54.6 Å². The molecule has 0 amide bonds. The van der Waals surface area contributed by atoms with Crippen molar-refractivity contribution in [1.29, 1.82) is 0 Å². The van der Waals surface area contributed by atoms with Crippen LogP contribution in [0.3, 0.4) is 0 Å². The van der Waals surface area contributed by atoms with E-state index >= 15 is 0 Å². The lowest BCUT2D eigenvalue weighted by Gasteiger charge is -2.18. The minimum absolute atomic E-state index is 0. The van der Waals surface area contributed by atoms with E-state index in [1.165, 1.54) is 0 Å². The van der Waals surface area contributed by atoms with Gasteiger partial charge in [-0.15, -0.1) is 12.4 Å². The number of benzene rings is 2. The topological polar surface area (TPSA) is 63.4 Å². The standard InChI is InChI=1S/C19H22N2O2S.ClH/c20-19-11-8-16-12-21(13-18(16)19)24(22,23)17-9-6-15(7-10-17)14-4-2-1-3-5-14;/h1-7,9-10,16,18-19H,8,11-13,20H2;1H. The molecule has 4 nitrogen and oxygen atoms in total. The molecule has 1 saturated heterocycles. The summed E-state index contributed by atoms with van der Waals surface area (Å²) in [6.45, 7) is 1.18. The fourth-order valence-electron chi connectivity index (χ4n) is 4.06. The summed E-state index contributed by atoms with van der Waals surface area (Å²) < 4.78 is 27.4. The Morgan fingerprint density at radius 2 is 1.52 bits per heavy atom. The zero-order valence-electron chi connectivity index (χ0n) is 13.9. The van der Waals surface area contributed by atoms with E-state index in [1.807, 2.05) is 42.5 Å². The quantitative estimate of drug-likeness (QED) is 0.892. The van der Waals surface area contributed by atoms with E-state index in [4.69, 9.17) is 5.73 Å². The summed E-state index contributed by atoms with van der Waals surface area (Å²) in [5, 5.41) is 0. The fourth-order valence-corrected chi connectivity index (χ4v) is 5.60. The first kappa shape index (κ1) is 18.4. The third-order valence-corrected chi connectivity index (χ3v) is 7.32. The lowest BCUT2D eigenvalue weighted by Crippen LogP contribution is -2.33. The lowest BCUT2D eigenvalue weighted by atomic mass is 9.98. The second-order valence-corrected chi connectivity index (χ2v) is 8.82. The zero-order valence-corrected chi connectivity index (χ0v) is 15.5. The molecule has 1 saturated carbocycles. The SMILES string of the molecule is Cl.NC1CCC2CN(S(=O)(=O)c3ccc(-c4ccccc4)cc3)CC12. The highest BCUT2D eigenvalue weighted by Gasteiger charge is 2.44. The molecule has 0 radical (unpaired) electrons. The fraction of sp³-hybridized carbons (Fsp3) is 0.368. The number of rotatable bonds is 3. The molecular formula is C19H23ClN2O2S. The average molecular weight is 379 g/mol. The number of nitrogens with two attached hydrogens (primary N) is 1. The van der Waals surface area contributed by atoms with Crippen molar-refractivity contribution >= 4 is 22.4 Å². The van der Waals surface area contributed by atoms with Crippen molar-refractivity contribution in [3.63, 3.8) is 0 Å². The van der Waals surface area contributed by atoms with Gasteiger partial charge in [-0.3, -0.25) is 0 Å². The van der Waals surface area contributed by atoms with E-state index in [2.05, 4.69) is 0 Å². The second kappa shape index (κ2) is 7.08. The van der Waals surface area contributed by atoms with Gasteiger partial charge in [0.05, 0.1) is 4.90 Å². The minimum atomic E-state index is -3.43. The lowest BCUT2D eigenvalue weighted by molar-refractivity contribution is 0.427. The van der Waals surface area contributed by atoms with Gasteiger partial charge in [0.1, 0.15) is 0 Å². The molecule has 1 aliphatic carbocycles. The molecule has 4 rings (SSSR count). The van der Waals surface area contributed by atoms with Crippen LogP contribution in [0.4, 0.5) is 0 Å². The number of halogens is 1. The van der Waals surface area contributed by atoms with Crippen molar-refractivity contribution in [2.45, 2.75) is 23.8 Å². The third-order valence-electron chi connectivity index (χ3n) is 5.48. The maximum atomic E-state index is 12.9. The zero-order chi connectivity index (χ0) is 16.7. The second-order valence-electron chi connectivity index (χ2n) is 6.88. The first-order chi connectivity index (χ1) is 11.6. The highest BCUT2D eigenvalue weighted by atomic mass is 35.5. The van der Waals surface area contributed by atoms with E-state index < -0.39 is 10.0 Å². The molecule has 134 valence electrons. The van der Waals surface area contributed by atoms with Gasteiger partial charge in [0.15, 0.2) is 0 Å². The van der Waals surface area contributed by atoms with Crippen LogP contribution in [0.15, 0.2) is 59.5 Å². The van der Waals surface area contributed by atoms with Crippen LogP contribution < -0.4 is 5.73 Å². The summed E-state index contributed by atoms with van der Waals surface area (Å²) >= 11 is 0. The number of hydrogen-bond donors (Lipinski definition) is 1. The maximum absolute atomic E-state index is 12.9. The van der Waals surface area contributed by atoms with Crippen molar-refractivity contribution in [2.75, 3.05) is 13.1 Å². The van der Waals surface area contributed by atoms with Gasteiger partial charge in [-0.1, -0.05) is 42.5 Å². The van der Waals surface area contributed by atoms with Gasteiger partial charge >= 0.3 is 0 Å². The summed E-state index contributed by atoms with van der Waals surface area (Å²) in [6, 6.07) is 17.3. The number of nitrogens with zero attached hydrogens (tertiary/aromatic N) is 1. The molecule has 3 unspecified atom stereocenters. The summed E-state index contributed by atoms with van der Waals surface area (Å²) in [5.41, 5.74) is 8.24. The predicted molar refractivity (Wildman–Crippen MR) is 102 cm³/mol. The Morgan fingerprint density at radius 3 is 2.16 bits per heavy atom. The van der Waals surface area contributed by atoms with Gasteiger partial charge in [0.25, 0.3) is 0 Å². The highest BCUT2D eigenvalue weighted by Crippen LogP contribution is 2.39. The van der Waals surface area contributed by atoms with E-state index in [0.717, 1.165) is 24.0 Å². The first-order valence-corrected chi connectivity index (χ1v) is 9.91. The normalized spacial score (nSPS) is 26.2. The van der Waals surface area contributed by atoms with Crippen LogP contribution in [-0.2, 0) is 10.0 Å². The smallest absolute Gasteiger partial charge is 0.243 e. The van der Waals surface area contributed by atoms with Crippen LogP contribution in [-0.4, -0.2) is 31.9 Å². The molecule has 1 aliphatic heterocycles. The Balaban J connectivity index is 0.00000182. The molecule has 0 bridgehead atoms. The van der Waals surface area contributed by atoms with Crippen LogP contribution in [0.1, 0.15) is 12.8 Å². The van der Waals surface area contributed by atoms with Gasteiger partial charge in [-0.05, 0) is 47.9 Å². The van der Waals surface area contributed by atoms with Crippen LogP contribution in [0.2, 0.25) is 0 Å². The molecule has 3 atom stereocenters. The summed E-state index contributed by atoms with van der Waals surface area (Å²) in [5.74, 6) is 0.752. The molecule has 2 N–H and O–H groups in total. The summed E-state index contributed by atoms with van der Waals surface area (Å²) in [4.78, 5) is 0.371. The molecule has 0 spiro atoms. The van der Waals surface area contributed by atoms with Crippen LogP contribution in [0, 0.1) is 11.8 Å². The Kier molecular flexibility index (Phi) is 5.21. The van der Waals surface area contributed by atoms with Crippen molar-refractivity contribution in [2.24, 2.45) is 17.6 Å². The summed E-state index contributed by atoms with van der Waals surface area (Å²) in [6.07, 6.45) is 2.07. The monoisotopic (exact) mass is 378 g/mol. The van der Waals surface area contributed by atoms with Gasteiger partial charge in [0, 0.05) is 19.1 Å². The van der Waals surface area contributed by atoms with Crippen LogP contribution >= 0.6 is 12.4 Å². The molecule has 2 fully saturated rings. The van der Waals surface area contributed by atoms with E-state index in [9.17, 15) is 8.42 Å². The first-order valence-electron chi connectivity index (χ1n) is 8.47. The number of hydrogen-bond acceptors (Lipinski definition) is 3. The minimum Gasteiger partial charge on any atom is -0.327 e. The van der Waals surface area contributed by atoms with Crippen molar-refractivity contribution < 1.29 is 8.42 Å². The van der Waals surface area contributed by atoms with Crippen molar-refractivity contribution in [1.82, 2.24) is 4.31 Å². The van der Waals surface area contributed by atoms with Gasteiger partial charge < -0.3 is 5.73 Å². The number of fused-ring (bicyclic) bond motifs is 1. The molecule has 2 aromatic rings. The molecule has 0 aromatic heterocycles. The molecule has 2 aromatic carbocycles. The molecule has 2 aliphatic rings. The van der Waals surface area contributed by atoms with Gasteiger partial charge in [-0.2, -0.15) is 4.31 Å². The van der Waals surface area contributed by atoms with Gasteiger partial charge in [0.2, 0.25) is 10.0 Å². The van der Waals surface area contributed by atoms with E-state index in [1.54, 1.807) is 16.4 Å². The largest absolute Gasteiger partial charge is 0.327 e. The Labute approximate surface area is 155 Å². The maximum Gasteiger partial charge on any atom is 0.243 e. The average Bonchev–Trinajstić information content (AvgIpc) is 3.19. The Bertz CT molecular complexity index is 824. The third kappa shape index (κ3) is 3.34. The molecule has 25 heavy (non-hydrogen) atoms. The predicted octanol–water partition coefficient (Wildman–Crippen LogP) is 3.13. The molecule has 6 heteroatoms. The van der Waals surface area contributed by atoms with Crippen molar-refractivity contribution in [3.8, 4) is 11.1 Å². The van der Waals surface area contributed by atoms with Crippen LogP contribution in [0.25, 0.3) is 11.1 Å².